The number of benzene rings is 2. The molecule has 5 heteroatoms. The van der Waals surface area contributed by atoms with E-state index in [-0.39, 0.29) is 36.0 Å². The predicted octanol–water partition coefficient (Wildman–Crippen LogP) is 5.81. The molecule has 162 valence electrons. The summed E-state index contributed by atoms with van der Waals surface area (Å²) < 4.78 is 13.1. The molecule has 4 nitrogen and oxygen atoms in total. The van der Waals surface area contributed by atoms with E-state index in [0.717, 1.165) is 15.6 Å². The Balaban J connectivity index is 1.41. The SMILES string of the molecule is Cc1ccccc1C(=O)OC1C2CC(C3CCCCC32)C1OC(=O)c1ccccc1I. The third-order valence-electron chi connectivity index (χ3n) is 7.63. The van der Waals surface area contributed by atoms with Gasteiger partial charge in [0.15, 0.2) is 0 Å². The van der Waals surface area contributed by atoms with Gasteiger partial charge in [-0.2, -0.15) is 0 Å². The van der Waals surface area contributed by atoms with Gasteiger partial charge in [-0.3, -0.25) is 0 Å². The molecule has 6 unspecified atom stereocenters. The Labute approximate surface area is 196 Å². The highest BCUT2D eigenvalue weighted by Gasteiger charge is 2.61. The van der Waals surface area contributed by atoms with Crippen molar-refractivity contribution in [3.05, 3.63) is 68.8 Å². The van der Waals surface area contributed by atoms with Gasteiger partial charge in [0.05, 0.1) is 11.1 Å². The van der Waals surface area contributed by atoms with E-state index in [9.17, 15) is 9.59 Å². The summed E-state index contributed by atoms with van der Waals surface area (Å²) in [5.41, 5.74) is 2.07. The van der Waals surface area contributed by atoms with Crippen molar-refractivity contribution < 1.29 is 19.1 Å². The summed E-state index contributed by atoms with van der Waals surface area (Å²) in [7, 11) is 0. The van der Waals surface area contributed by atoms with E-state index >= 15 is 0 Å². The number of halogens is 1. The molecule has 2 aromatic rings. The minimum Gasteiger partial charge on any atom is -0.454 e. The highest BCUT2D eigenvalue weighted by Crippen LogP contribution is 2.59. The number of hydrogen-bond acceptors (Lipinski definition) is 4. The van der Waals surface area contributed by atoms with Gasteiger partial charge in [0, 0.05) is 15.4 Å². The van der Waals surface area contributed by atoms with Gasteiger partial charge < -0.3 is 9.47 Å². The molecule has 2 aromatic carbocycles. The summed E-state index contributed by atoms with van der Waals surface area (Å²) in [4.78, 5) is 26.1. The normalized spacial score (nSPS) is 31.2. The van der Waals surface area contributed by atoms with Crippen molar-refractivity contribution in [3.63, 3.8) is 0 Å². The Hall–Kier alpha value is -1.89. The molecule has 3 aliphatic carbocycles. The molecule has 0 N–H and O–H groups in total. The molecule has 0 heterocycles. The number of esters is 2. The maximum Gasteiger partial charge on any atom is 0.339 e. The summed E-state index contributed by atoms with van der Waals surface area (Å²) in [6.45, 7) is 1.92. The van der Waals surface area contributed by atoms with E-state index in [0.29, 0.717) is 23.0 Å². The van der Waals surface area contributed by atoms with Crippen LogP contribution in [0.3, 0.4) is 0 Å². The Kier molecular flexibility index (Phi) is 5.80. The van der Waals surface area contributed by atoms with Crippen LogP contribution in [0, 0.1) is 34.2 Å². The number of carbonyl (C=O) groups excluding carboxylic acids is 2. The van der Waals surface area contributed by atoms with Crippen molar-refractivity contribution in [3.8, 4) is 0 Å². The molecule has 0 aliphatic heterocycles. The van der Waals surface area contributed by atoms with Crippen molar-refractivity contribution in [1.29, 1.82) is 0 Å². The van der Waals surface area contributed by atoms with E-state index in [1.165, 1.54) is 25.7 Å². The van der Waals surface area contributed by atoms with Crippen molar-refractivity contribution >= 4 is 34.5 Å². The average Bonchev–Trinajstić information content (AvgIpc) is 3.31. The van der Waals surface area contributed by atoms with Crippen LogP contribution < -0.4 is 0 Å². The first-order chi connectivity index (χ1) is 15.0. The summed E-state index contributed by atoms with van der Waals surface area (Å²) in [6, 6.07) is 15.0. The Bertz CT molecular complexity index is 923. The minimum atomic E-state index is -0.360. The first-order valence-electron chi connectivity index (χ1n) is 11.3. The molecule has 2 bridgehead atoms. The molecule has 0 aromatic heterocycles. The predicted molar refractivity (Wildman–Crippen MR) is 126 cm³/mol. The van der Waals surface area contributed by atoms with Gasteiger partial charge in [-0.25, -0.2) is 9.59 Å². The Morgan fingerprint density at radius 1 is 0.774 bits per heavy atom. The highest BCUT2D eigenvalue weighted by atomic mass is 127. The van der Waals surface area contributed by atoms with Crippen molar-refractivity contribution in [1.82, 2.24) is 0 Å². The molecule has 3 fully saturated rings. The van der Waals surface area contributed by atoms with Crippen molar-refractivity contribution in [2.45, 2.75) is 51.2 Å². The maximum absolute atomic E-state index is 13.0. The third-order valence-corrected chi connectivity index (χ3v) is 8.57. The topological polar surface area (TPSA) is 52.6 Å². The first kappa shape index (κ1) is 21.0. The van der Waals surface area contributed by atoms with Crippen LogP contribution in [0.2, 0.25) is 0 Å². The molecule has 3 saturated carbocycles. The van der Waals surface area contributed by atoms with E-state index in [1.807, 2.05) is 49.4 Å². The van der Waals surface area contributed by atoms with E-state index in [1.54, 1.807) is 6.07 Å². The number of rotatable bonds is 4. The average molecular weight is 530 g/mol. The van der Waals surface area contributed by atoms with Crippen LogP contribution in [0.1, 0.15) is 58.4 Å². The summed E-state index contributed by atoms with van der Waals surface area (Å²) in [5, 5.41) is 0. The molecule has 5 rings (SSSR count). The fraction of sp³-hybridized carbons (Fsp3) is 0.462. The molecule has 3 aliphatic rings. The zero-order chi connectivity index (χ0) is 21.5. The van der Waals surface area contributed by atoms with Crippen LogP contribution in [-0.2, 0) is 9.47 Å². The van der Waals surface area contributed by atoms with Gasteiger partial charge in [0.1, 0.15) is 12.2 Å². The molecule has 6 atom stereocenters. The molecule has 0 spiro atoms. The minimum absolute atomic E-state index is 0.287. The Morgan fingerprint density at radius 2 is 1.29 bits per heavy atom. The maximum atomic E-state index is 13.0. The fourth-order valence-corrected chi connectivity index (χ4v) is 6.88. The standard InChI is InChI=1S/C26H27IO4/c1-15-8-2-3-9-16(15)25(28)30-23-20-14-21(18-11-5-4-10-17(18)20)24(23)31-26(29)19-12-6-7-13-22(19)27/h2-3,6-9,12-13,17-18,20-21,23-24H,4-5,10-11,14H2,1H3. The number of aryl methyl sites for hydroxylation is 1. The highest BCUT2D eigenvalue weighted by molar-refractivity contribution is 14.1. The molecular formula is C26H27IO4. The van der Waals surface area contributed by atoms with Gasteiger partial charge in [-0.05, 0) is 84.4 Å². The number of ether oxygens (including phenoxy) is 2. The number of fused-ring (bicyclic) bond motifs is 5. The lowest BCUT2D eigenvalue weighted by Gasteiger charge is -2.42. The number of carbonyl (C=O) groups is 2. The monoisotopic (exact) mass is 530 g/mol. The largest absolute Gasteiger partial charge is 0.454 e. The number of hydrogen-bond donors (Lipinski definition) is 0. The summed E-state index contributed by atoms with van der Waals surface area (Å²) >= 11 is 2.17. The third kappa shape index (κ3) is 3.79. The van der Waals surface area contributed by atoms with Crippen LogP contribution >= 0.6 is 22.6 Å². The Morgan fingerprint density at radius 3 is 1.87 bits per heavy atom. The quantitative estimate of drug-likeness (QED) is 0.370. The molecular weight excluding hydrogens is 503 g/mol. The van der Waals surface area contributed by atoms with Crippen LogP contribution in [-0.4, -0.2) is 24.1 Å². The zero-order valence-corrected chi connectivity index (χ0v) is 19.8. The van der Waals surface area contributed by atoms with Gasteiger partial charge in [-0.15, -0.1) is 0 Å². The fourth-order valence-electron chi connectivity index (χ4n) is 6.27. The van der Waals surface area contributed by atoms with E-state index in [2.05, 4.69) is 22.6 Å². The second-order valence-electron chi connectivity index (χ2n) is 9.21. The molecule has 0 radical (unpaired) electrons. The zero-order valence-electron chi connectivity index (χ0n) is 17.6. The first-order valence-corrected chi connectivity index (χ1v) is 12.3. The van der Waals surface area contributed by atoms with Crippen molar-refractivity contribution in [2.24, 2.45) is 23.7 Å². The van der Waals surface area contributed by atoms with Gasteiger partial charge >= 0.3 is 11.9 Å². The lowest BCUT2D eigenvalue weighted by molar-refractivity contribution is -0.0872. The lowest BCUT2D eigenvalue weighted by atomic mass is 9.69. The lowest BCUT2D eigenvalue weighted by Crippen LogP contribution is -2.47. The second-order valence-corrected chi connectivity index (χ2v) is 10.4. The van der Waals surface area contributed by atoms with Gasteiger partial charge in [0.2, 0.25) is 0 Å². The molecule has 0 saturated heterocycles. The van der Waals surface area contributed by atoms with Crippen LogP contribution in [0.5, 0.6) is 0 Å². The van der Waals surface area contributed by atoms with Crippen molar-refractivity contribution in [2.75, 3.05) is 0 Å². The van der Waals surface area contributed by atoms with Gasteiger partial charge in [0.25, 0.3) is 0 Å². The summed E-state index contributed by atoms with van der Waals surface area (Å²) in [5.74, 6) is 1.12. The van der Waals surface area contributed by atoms with Crippen LogP contribution in [0.25, 0.3) is 0 Å². The summed E-state index contributed by atoms with van der Waals surface area (Å²) in [6.07, 6.45) is 5.15. The second kappa shape index (κ2) is 8.57. The van der Waals surface area contributed by atoms with E-state index < -0.39 is 0 Å². The van der Waals surface area contributed by atoms with E-state index in [4.69, 9.17) is 9.47 Å². The molecule has 0 amide bonds. The smallest absolute Gasteiger partial charge is 0.339 e. The van der Waals surface area contributed by atoms with Crippen LogP contribution in [0.15, 0.2) is 48.5 Å². The van der Waals surface area contributed by atoms with Crippen LogP contribution in [0.4, 0.5) is 0 Å². The van der Waals surface area contributed by atoms with Gasteiger partial charge in [-0.1, -0.05) is 43.2 Å². The molecule has 31 heavy (non-hydrogen) atoms.